The summed E-state index contributed by atoms with van der Waals surface area (Å²) in [5, 5.41) is 7.14. The van der Waals surface area contributed by atoms with Gasteiger partial charge in [0.25, 0.3) is 5.91 Å². The van der Waals surface area contributed by atoms with Crippen LogP contribution in [0.1, 0.15) is 23.3 Å². The smallest absolute Gasteiger partial charge is 0.272 e. The van der Waals surface area contributed by atoms with Crippen LogP contribution in [0.3, 0.4) is 0 Å². The fourth-order valence-electron chi connectivity index (χ4n) is 3.00. The van der Waals surface area contributed by atoms with Crippen LogP contribution in [0.5, 0.6) is 0 Å². The van der Waals surface area contributed by atoms with E-state index in [0.717, 1.165) is 19.4 Å². The lowest BCUT2D eigenvalue weighted by molar-refractivity contribution is -0.119. The van der Waals surface area contributed by atoms with Gasteiger partial charge in [-0.05, 0) is 43.7 Å². The summed E-state index contributed by atoms with van der Waals surface area (Å²) in [4.78, 5) is 25.3. The van der Waals surface area contributed by atoms with E-state index in [1.807, 2.05) is 4.90 Å². The third-order valence-corrected chi connectivity index (χ3v) is 4.11. The molecule has 1 aliphatic heterocycles. The maximum atomic E-state index is 13.3. The zero-order chi connectivity index (χ0) is 17.8. The molecule has 7 nitrogen and oxygen atoms in total. The van der Waals surface area contributed by atoms with E-state index in [0.29, 0.717) is 12.2 Å². The number of nitrogens with two attached hydrogens (primary N) is 1. The summed E-state index contributed by atoms with van der Waals surface area (Å²) >= 11 is 0. The first-order valence-corrected chi connectivity index (χ1v) is 8.14. The first-order valence-electron chi connectivity index (χ1n) is 8.14. The summed E-state index contributed by atoms with van der Waals surface area (Å²) in [6, 6.07) is 7.52. The molecule has 25 heavy (non-hydrogen) atoms. The van der Waals surface area contributed by atoms with E-state index in [1.54, 1.807) is 24.4 Å². The molecular weight excluding hydrogens is 325 g/mol. The molecule has 2 aromatic rings. The Balaban J connectivity index is 1.63. The van der Waals surface area contributed by atoms with Crippen molar-refractivity contribution in [3.63, 3.8) is 0 Å². The number of carbonyl (C=O) groups excluding carboxylic acids is 2. The number of aromatic nitrogens is 2. The number of halogens is 1. The van der Waals surface area contributed by atoms with Gasteiger partial charge in [0.05, 0.1) is 12.2 Å². The molecule has 1 aromatic carbocycles. The second-order valence-electron chi connectivity index (χ2n) is 6.14. The van der Waals surface area contributed by atoms with Crippen molar-refractivity contribution in [3.05, 3.63) is 48.0 Å². The number of benzene rings is 1. The van der Waals surface area contributed by atoms with Gasteiger partial charge in [-0.1, -0.05) is 6.07 Å². The van der Waals surface area contributed by atoms with Crippen molar-refractivity contribution in [2.24, 2.45) is 5.73 Å². The molecule has 1 saturated heterocycles. The molecule has 2 heterocycles. The SMILES string of the molecule is NC(=O)CN1CCCC(NC(=O)c2ccn(-c3cccc(F)c3)n2)C1. The molecule has 0 aliphatic carbocycles. The molecule has 3 N–H and O–H groups in total. The molecule has 0 saturated carbocycles. The number of carbonyl (C=O) groups is 2. The Morgan fingerprint density at radius 3 is 2.96 bits per heavy atom. The normalized spacial score (nSPS) is 18.0. The topological polar surface area (TPSA) is 93.3 Å². The van der Waals surface area contributed by atoms with E-state index in [4.69, 9.17) is 5.73 Å². The minimum Gasteiger partial charge on any atom is -0.369 e. The number of nitrogens with zero attached hydrogens (tertiary/aromatic N) is 3. The van der Waals surface area contributed by atoms with Gasteiger partial charge in [0.2, 0.25) is 5.91 Å². The number of hydrogen-bond donors (Lipinski definition) is 2. The summed E-state index contributed by atoms with van der Waals surface area (Å²) in [7, 11) is 0. The van der Waals surface area contributed by atoms with Gasteiger partial charge >= 0.3 is 0 Å². The maximum Gasteiger partial charge on any atom is 0.272 e. The quantitative estimate of drug-likeness (QED) is 0.834. The number of rotatable bonds is 5. The molecule has 0 spiro atoms. The van der Waals surface area contributed by atoms with Crippen LogP contribution in [0.15, 0.2) is 36.5 Å². The Bertz CT molecular complexity index is 776. The van der Waals surface area contributed by atoms with E-state index in [9.17, 15) is 14.0 Å². The molecule has 3 rings (SSSR count). The summed E-state index contributed by atoms with van der Waals surface area (Å²) in [6.45, 7) is 1.57. The first kappa shape index (κ1) is 17.1. The van der Waals surface area contributed by atoms with Crippen molar-refractivity contribution in [1.29, 1.82) is 0 Å². The molecule has 8 heteroatoms. The molecule has 0 bridgehead atoms. The van der Waals surface area contributed by atoms with E-state index in [2.05, 4.69) is 10.4 Å². The van der Waals surface area contributed by atoms with Crippen LogP contribution in [0.2, 0.25) is 0 Å². The van der Waals surface area contributed by atoms with Gasteiger partial charge in [-0.25, -0.2) is 9.07 Å². The summed E-state index contributed by atoms with van der Waals surface area (Å²) in [5.41, 5.74) is 6.03. The minimum atomic E-state index is -0.374. The summed E-state index contributed by atoms with van der Waals surface area (Å²) in [5.74, 6) is -1.03. The lowest BCUT2D eigenvalue weighted by Crippen LogP contribution is -2.49. The van der Waals surface area contributed by atoms with Crippen molar-refractivity contribution in [3.8, 4) is 5.69 Å². The molecular formula is C17H20FN5O2. The van der Waals surface area contributed by atoms with Gasteiger partial charge in [0, 0.05) is 18.8 Å². The molecule has 1 aromatic heterocycles. The average Bonchev–Trinajstić information content (AvgIpc) is 3.05. The molecule has 1 aliphatic rings. The Morgan fingerprint density at radius 2 is 2.20 bits per heavy atom. The third-order valence-electron chi connectivity index (χ3n) is 4.11. The largest absolute Gasteiger partial charge is 0.369 e. The van der Waals surface area contributed by atoms with Crippen LogP contribution in [-0.4, -0.2) is 52.2 Å². The van der Waals surface area contributed by atoms with Crippen LogP contribution in [0.25, 0.3) is 5.69 Å². The summed E-state index contributed by atoms with van der Waals surface area (Å²) in [6.07, 6.45) is 3.34. The highest BCUT2D eigenvalue weighted by atomic mass is 19.1. The van der Waals surface area contributed by atoms with Gasteiger partial charge in [-0.15, -0.1) is 0 Å². The standard InChI is InChI=1S/C17H20FN5O2/c18-12-3-1-5-14(9-12)23-8-6-15(21-23)17(25)20-13-4-2-7-22(10-13)11-16(19)24/h1,3,5-6,8-9,13H,2,4,7,10-11H2,(H2,19,24)(H,20,25). The number of hydrogen-bond acceptors (Lipinski definition) is 4. The highest BCUT2D eigenvalue weighted by molar-refractivity contribution is 5.92. The van der Waals surface area contributed by atoms with Gasteiger partial charge in [0.1, 0.15) is 5.82 Å². The van der Waals surface area contributed by atoms with Crippen molar-refractivity contribution in [1.82, 2.24) is 20.0 Å². The minimum absolute atomic E-state index is 0.0556. The Labute approximate surface area is 144 Å². The highest BCUT2D eigenvalue weighted by Crippen LogP contribution is 2.12. The number of likely N-dealkylation sites (tertiary alicyclic amines) is 1. The number of primary amides is 1. The predicted molar refractivity (Wildman–Crippen MR) is 89.6 cm³/mol. The molecule has 1 atom stereocenters. The molecule has 1 unspecified atom stereocenters. The van der Waals surface area contributed by atoms with Crippen molar-refractivity contribution >= 4 is 11.8 Å². The van der Waals surface area contributed by atoms with Crippen molar-refractivity contribution in [2.45, 2.75) is 18.9 Å². The lowest BCUT2D eigenvalue weighted by Gasteiger charge is -2.32. The zero-order valence-electron chi connectivity index (χ0n) is 13.7. The highest BCUT2D eigenvalue weighted by Gasteiger charge is 2.23. The molecule has 0 radical (unpaired) electrons. The number of nitrogens with one attached hydrogen (secondary N) is 1. The summed E-state index contributed by atoms with van der Waals surface area (Å²) < 4.78 is 14.8. The van der Waals surface area contributed by atoms with E-state index in [1.165, 1.54) is 16.8 Å². The third kappa shape index (κ3) is 4.42. The Kier molecular flexibility index (Phi) is 5.08. The first-order chi connectivity index (χ1) is 12.0. The number of piperidine rings is 1. The second-order valence-corrected chi connectivity index (χ2v) is 6.14. The van der Waals surface area contributed by atoms with Crippen molar-refractivity contribution in [2.75, 3.05) is 19.6 Å². The lowest BCUT2D eigenvalue weighted by atomic mass is 10.1. The van der Waals surface area contributed by atoms with Crippen LogP contribution < -0.4 is 11.1 Å². The predicted octanol–water partition coefficient (Wildman–Crippen LogP) is 0.691. The molecule has 132 valence electrons. The fraction of sp³-hybridized carbons (Fsp3) is 0.353. The number of amides is 2. The van der Waals surface area contributed by atoms with Gasteiger partial charge in [0.15, 0.2) is 5.69 Å². The maximum absolute atomic E-state index is 13.3. The van der Waals surface area contributed by atoms with Gasteiger partial charge < -0.3 is 11.1 Å². The zero-order valence-corrected chi connectivity index (χ0v) is 13.7. The Morgan fingerprint density at radius 1 is 1.36 bits per heavy atom. The van der Waals surface area contributed by atoms with Gasteiger partial charge in [-0.3, -0.25) is 14.5 Å². The van der Waals surface area contributed by atoms with Crippen LogP contribution in [-0.2, 0) is 4.79 Å². The average molecular weight is 345 g/mol. The van der Waals surface area contributed by atoms with Crippen LogP contribution in [0, 0.1) is 5.82 Å². The molecule has 2 amide bonds. The second kappa shape index (κ2) is 7.43. The monoisotopic (exact) mass is 345 g/mol. The fourth-order valence-corrected chi connectivity index (χ4v) is 3.00. The van der Waals surface area contributed by atoms with E-state index >= 15 is 0 Å². The van der Waals surface area contributed by atoms with Crippen LogP contribution in [0.4, 0.5) is 4.39 Å². The van der Waals surface area contributed by atoms with E-state index < -0.39 is 0 Å². The van der Waals surface area contributed by atoms with Gasteiger partial charge in [-0.2, -0.15) is 5.10 Å². The Hall–Kier alpha value is -2.74. The van der Waals surface area contributed by atoms with Crippen LogP contribution >= 0.6 is 0 Å². The van der Waals surface area contributed by atoms with Crippen molar-refractivity contribution < 1.29 is 14.0 Å². The van der Waals surface area contributed by atoms with E-state index in [-0.39, 0.29) is 35.9 Å². The molecule has 1 fully saturated rings.